The van der Waals surface area contributed by atoms with Crippen LogP contribution in [-0.2, 0) is 33.7 Å². The number of nitrogens with zero attached hydrogens (tertiary/aromatic N) is 3. The quantitative estimate of drug-likeness (QED) is 0.740. The minimum atomic E-state index is -1.00. The Bertz CT molecular complexity index is 601. The van der Waals surface area contributed by atoms with Crippen molar-refractivity contribution in [3.63, 3.8) is 0 Å². The molecule has 2 aliphatic rings. The summed E-state index contributed by atoms with van der Waals surface area (Å²) in [4.78, 5) is 22.8. The number of ether oxygens (including phenoxy) is 1. The van der Waals surface area contributed by atoms with Crippen molar-refractivity contribution in [2.45, 2.75) is 70.1 Å². The lowest BCUT2D eigenvalue weighted by Gasteiger charge is -2.12. The Morgan fingerprint density at radius 3 is 2.83 bits per heavy atom. The summed E-state index contributed by atoms with van der Waals surface area (Å²) in [6, 6.07) is 0. The fourth-order valence-electron chi connectivity index (χ4n) is 3.31. The van der Waals surface area contributed by atoms with E-state index < -0.39 is 18.2 Å². The van der Waals surface area contributed by atoms with Crippen molar-refractivity contribution in [3.8, 4) is 0 Å². The fraction of sp³-hybridized carbons (Fsp3) is 0.750. The summed E-state index contributed by atoms with van der Waals surface area (Å²) >= 11 is 0. The molecule has 1 aromatic rings. The number of carbonyl (C=O) groups excluding carboxylic acids is 1. The second-order valence-corrected chi connectivity index (χ2v) is 6.42. The highest BCUT2D eigenvalue weighted by molar-refractivity contribution is 5.82. The molecule has 1 saturated heterocycles. The molecule has 0 radical (unpaired) electrons. The molecule has 0 unspecified atom stereocenters. The Hall–Kier alpha value is -1.96. The lowest BCUT2D eigenvalue weighted by atomic mass is 10.2. The molecule has 3 heterocycles. The smallest absolute Gasteiger partial charge is 0.332 e. The van der Waals surface area contributed by atoms with Crippen LogP contribution in [0.1, 0.15) is 50.2 Å². The van der Waals surface area contributed by atoms with Crippen molar-refractivity contribution in [2.75, 3.05) is 6.54 Å². The first-order valence-corrected chi connectivity index (χ1v) is 8.72. The monoisotopic (exact) mass is 336 g/mol. The van der Waals surface area contributed by atoms with Crippen LogP contribution in [0.25, 0.3) is 0 Å². The molecule has 8 nitrogen and oxygen atoms in total. The van der Waals surface area contributed by atoms with Crippen LogP contribution < -0.4 is 5.32 Å². The van der Waals surface area contributed by atoms with Gasteiger partial charge in [0.25, 0.3) is 0 Å². The number of rotatable bonds is 6. The van der Waals surface area contributed by atoms with Crippen LogP contribution in [0.15, 0.2) is 0 Å². The van der Waals surface area contributed by atoms with Crippen LogP contribution >= 0.6 is 0 Å². The molecule has 0 aromatic carbocycles. The molecule has 3 rings (SSSR count). The van der Waals surface area contributed by atoms with Gasteiger partial charge in [0.05, 0.1) is 0 Å². The fourth-order valence-corrected chi connectivity index (χ4v) is 3.31. The van der Waals surface area contributed by atoms with E-state index in [1.807, 2.05) is 0 Å². The molecule has 1 fully saturated rings. The first-order chi connectivity index (χ1) is 11.6. The van der Waals surface area contributed by atoms with Gasteiger partial charge in [0.2, 0.25) is 5.91 Å². The van der Waals surface area contributed by atoms with Gasteiger partial charge in [-0.1, -0.05) is 6.42 Å². The van der Waals surface area contributed by atoms with Gasteiger partial charge in [-0.2, -0.15) is 0 Å². The van der Waals surface area contributed by atoms with E-state index in [-0.39, 0.29) is 5.91 Å². The van der Waals surface area contributed by atoms with E-state index in [9.17, 15) is 9.59 Å². The molecule has 1 aromatic heterocycles. The summed E-state index contributed by atoms with van der Waals surface area (Å²) in [6.45, 7) is 1.51. The predicted molar refractivity (Wildman–Crippen MR) is 84.4 cm³/mol. The highest BCUT2D eigenvalue weighted by Gasteiger charge is 2.34. The van der Waals surface area contributed by atoms with Crippen molar-refractivity contribution in [2.24, 2.45) is 0 Å². The lowest BCUT2D eigenvalue weighted by molar-refractivity contribution is -0.151. The van der Waals surface area contributed by atoms with E-state index in [1.54, 1.807) is 0 Å². The van der Waals surface area contributed by atoms with Gasteiger partial charge in [0.1, 0.15) is 17.8 Å². The first-order valence-electron chi connectivity index (χ1n) is 8.72. The van der Waals surface area contributed by atoms with Gasteiger partial charge in [0.15, 0.2) is 6.10 Å². The van der Waals surface area contributed by atoms with Crippen molar-refractivity contribution >= 4 is 11.9 Å². The Morgan fingerprint density at radius 2 is 2.04 bits per heavy atom. The summed E-state index contributed by atoms with van der Waals surface area (Å²) in [6.07, 6.45) is 5.47. The molecule has 2 N–H and O–H groups in total. The van der Waals surface area contributed by atoms with Gasteiger partial charge < -0.3 is 19.7 Å². The van der Waals surface area contributed by atoms with Crippen LogP contribution in [0.4, 0.5) is 0 Å². The summed E-state index contributed by atoms with van der Waals surface area (Å²) in [5.74, 6) is 0.839. The summed E-state index contributed by atoms with van der Waals surface area (Å²) in [5.41, 5.74) is 0. The average molecular weight is 336 g/mol. The van der Waals surface area contributed by atoms with Crippen LogP contribution in [-0.4, -0.2) is 50.5 Å². The number of hydrogen-bond donors (Lipinski definition) is 2. The van der Waals surface area contributed by atoms with Crippen molar-refractivity contribution in [1.29, 1.82) is 0 Å². The van der Waals surface area contributed by atoms with E-state index >= 15 is 0 Å². The van der Waals surface area contributed by atoms with Crippen LogP contribution in [0.2, 0.25) is 0 Å². The average Bonchev–Trinajstić information content (AvgIpc) is 3.14. The molecular formula is C16H24N4O4. The number of amides is 1. The predicted octanol–water partition coefficient (Wildman–Crippen LogP) is 0.685. The molecule has 0 aliphatic carbocycles. The SMILES string of the molecule is O=C(NCCCc1nnc2n1CCCCC2)[C@@H]1CC[C@H](C(=O)O)O1. The highest BCUT2D eigenvalue weighted by Crippen LogP contribution is 2.20. The number of fused-ring (bicyclic) bond motifs is 1. The number of carbonyl (C=O) groups is 2. The zero-order valence-corrected chi connectivity index (χ0v) is 13.7. The molecule has 24 heavy (non-hydrogen) atoms. The van der Waals surface area contributed by atoms with Crippen molar-refractivity contribution in [1.82, 2.24) is 20.1 Å². The molecule has 132 valence electrons. The molecule has 0 saturated carbocycles. The number of aromatic nitrogens is 3. The van der Waals surface area contributed by atoms with Gasteiger partial charge in [-0.05, 0) is 32.1 Å². The van der Waals surface area contributed by atoms with E-state index in [0.29, 0.717) is 19.4 Å². The molecule has 0 spiro atoms. The third-order valence-electron chi connectivity index (χ3n) is 4.65. The van der Waals surface area contributed by atoms with Gasteiger partial charge in [0, 0.05) is 25.9 Å². The van der Waals surface area contributed by atoms with E-state index in [1.165, 1.54) is 19.3 Å². The molecule has 2 atom stereocenters. The standard InChI is InChI=1S/C16H24N4O4/c21-15(11-7-8-12(24-11)16(22)23)17-9-4-6-14-19-18-13-5-2-1-3-10-20(13)14/h11-12H,1-10H2,(H,17,21)(H,22,23)/t11-,12+/m0/s1. The highest BCUT2D eigenvalue weighted by atomic mass is 16.5. The van der Waals surface area contributed by atoms with Gasteiger partial charge in [-0.15, -0.1) is 10.2 Å². The second-order valence-electron chi connectivity index (χ2n) is 6.42. The third-order valence-corrected chi connectivity index (χ3v) is 4.65. The van der Waals surface area contributed by atoms with Crippen molar-refractivity contribution in [3.05, 3.63) is 11.6 Å². The second kappa shape index (κ2) is 7.74. The summed E-state index contributed by atoms with van der Waals surface area (Å²) in [7, 11) is 0. The number of carboxylic acid groups (broad SMARTS) is 1. The van der Waals surface area contributed by atoms with E-state index in [2.05, 4.69) is 20.1 Å². The molecule has 2 aliphatic heterocycles. The summed E-state index contributed by atoms with van der Waals surface area (Å²) < 4.78 is 7.45. The third kappa shape index (κ3) is 3.92. The molecule has 0 bridgehead atoms. The largest absolute Gasteiger partial charge is 0.479 e. The Balaban J connectivity index is 1.41. The Morgan fingerprint density at radius 1 is 1.21 bits per heavy atom. The maximum Gasteiger partial charge on any atom is 0.332 e. The molecule has 1 amide bonds. The maximum absolute atomic E-state index is 12.0. The maximum atomic E-state index is 12.0. The molecule has 8 heteroatoms. The lowest BCUT2D eigenvalue weighted by Crippen LogP contribution is -2.36. The van der Waals surface area contributed by atoms with Crippen molar-refractivity contribution < 1.29 is 19.4 Å². The minimum absolute atomic E-state index is 0.223. The zero-order chi connectivity index (χ0) is 16.9. The number of aryl methyl sites for hydroxylation is 2. The van der Waals surface area contributed by atoms with Crippen LogP contribution in [0.5, 0.6) is 0 Å². The number of carboxylic acids is 1. The summed E-state index contributed by atoms with van der Waals surface area (Å²) in [5, 5.41) is 20.2. The minimum Gasteiger partial charge on any atom is -0.479 e. The zero-order valence-electron chi connectivity index (χ0n) is 13.7. The van der Waals surface area contributed by atoms with Gasteiger partial charge in [-0.3, -0.25) is 4.79 Å². The topological polar surface area (TPSA) is 106 Å². The molecular weight excluding hydrogens is 312 g/mol. The number of hydrogen-bond acceptors (Lipinski definition) is 5. The van der Waals surface area contributed by atoms with E-state index in [0.717, 1.165) is 37.5 Å². The van der Waals surface area contributed by atoms with Crippen LogP contribution in [0, 0.1) is 0 Å². The van der Waals surface area contributed by atoms with Gasteiger partial charge >= 0.3 is 5.97 Å². The number of nitrogens with one attached hydrogen (secondary N) is 1. The van der Waals surface area contributed by atoms with Crippen LogP contribution in [0.3, 0.4) is 0 Å². The van der Waals surface area contributed by atoms with E-state index in [4.69, 9.17) is 9.84 Å². The van der Waals surface area contributed by atoms with Gasteiger partial charge in [-0.25, -0.2) is 4.79 Å². The Labute approximate surface area is 140 Å². The number of aliphatic carboxylic acids is 1. The normalized spacial score (nSPS) is 23.5. The Kier molecular flexibility index (Phi) is 5.44. The first kappa shape index (κ1) is 16.9.